The summed E-state index contributed by atoms with van der Waals surface area (Å²) in [5.41, 5.74) is 0.0566. The summed E-state index contributed by atoms with van der Waals surface area (Å²) in [6, 6.07) is 0. The van der Waals surface area contributed by atoms with Crippen molar-refractivity contribution in [1.29, 1.82) is 0 Å². The third kappa shape index (κ3) is 1.81. The van der Waals surface area contributed by atoms with Gasteiger partial charge in [-0.1, -0.05) is 0 Å². The van der Waals surface area contributed by atoms with Gasteiger partial charge in [-0.25, -0.2) is 4.79 Å². The van der Waals surface area contributed by atoms with Crippen molar-refractivity contribution in [2.45, 2.75) is 0 Å². The molecule has 0 spiro atoms. The molecule has 1 aliphatic heterocycles. The van der Waals surface area contributed by atoms with Crippen molar-refractivity contribution >= 4 is 17.5 Å². The van der Waals surface area contributed by atoms with Crippen molar-refractivity contribution in [2.75, 3.05) is 14.2 Å². The lowest BCUT2D eigenvalue weighted by Gasteiger charge is -2.23. The van der Waals surface area contributed by atoms with Gasteiger partial charge >= 0.3 is 5.97 Å². The highest BCUT2D eigenvalue weighted by molar-refractivity contribution is 6.28. The van der Waals surface area contributed by atoms with Gasteiger partial charge in [0.1, 0.15) is 17.1 Å². The fourth-order valence-electron chi connectivity index (χ4n) is 1.81. The summed E-state index contributed by atoms with van der Waals surface area (Å²) in [6.45, 7) is 0. The van der Waals surface area contributed by atoms with E-state index in [2.05, 4.69) is 4.99 Å². The van der Waals surface area contributed by atoms with E-state index in [0.29, 0.717) is 17.2 Å². The number of carboxylic acids is 1. The zero-order chi connectivity index (χ0) is 13.3. The van der Waals surface area contributed by atoms with E-state index < -0.39 is 17.7 Å². The lowest BCUT2D eigenvalue weighted by atomic mass is 9.86. The molecule has 0 bridgehead atoms. The summed E-state index contributed by atoms with van der Waals surface area (Å²) in [5.74, 6) is -1.74. The minimum Gasteiger partial charge on any atom is -0.497 e. The smallest absolute Gasteiger partial charge is 0.340 e. The number of aliphatic carboxylic acids is 1. The Balaban J connectivity index is 2.49. The molecule has 1 heterocycles. The second kappa shape index (κ2) is 4.48. The minimum atomic E-state index is -1.29. The number of ketones is 1. The first-order valence-corrected chi connectivity index (χ1v) is 5.15. The molecule has 1 N–H and O–H groups in total. The lowest BCUT2D eigenvalue weighted by molar-refractivity contribution is -0.134. The number of fused-ring (bicyclic) bond motifs is 1. The summed E-state index contributed by atoms with van der Waals surface area (Å²) in [6.07, 6.45) is 4.18. The van der Waals surface area contributed by atoms with Gasteiger partial charge in [-0.3, -0.25) is 9.79 Å². The number of hydrogen-bond donors (Lipinski definition) is 1. The first kappa shape index (κ1) is 12.1. The molecule has 0 fully saturated rings. The molecule has 0 amide bonds. The maximum atomic E-state index is 12.0. The first-order chi connectivity index (χ1) is 8.58. The molecule has 0 aromatic rings. The Labute approximate surface area is 103 Å². The van der Waals surface area contributed by atoms with Crippen molar-refractivity contribution in [3.63, 3.8) is 0 Å². The Morgan fingerprint density at radius 2 is 2.11 bits per heavy atom. The van der Waals surface area contributed by atoms with Crippen LogP contribution in [0.2, 0.25) is 0 Å². The van der Waals surface area contributed by atoms with Crippen molar-refractivity contribution in [1.82, 2.24) is 0 Å². The van der Waals surface area contributed by atoms with E-state index in [1.807, 2.05) is 0 Å². The Hall–Kier alpha value is -2.37. The summed E-state index contributed by atoms with van der Waals surface area (Å²) >= 11 is 0. The topological polar surface area (TPSA) is 85.2 Å². The second-order valence-electron chi connectivity index (χ2n) is 3.69. The quantitative estimate of drug-likeness (QED) is 0.743. The molecule has 0 radical (unpaired) electrons. The van der Waals surface area contributed by atoms with Crippen molar-refractivity contribution in [2.24, 2.45) is 10.9 Å². The van der Waals surface area contributed by atoms with Gasteiger partial charge in [0.15, 0.2) is 5.78 Å². The molecule has 2 aliphatic rings. The number of methoxy groups -OCH3 is 2. The lowest BCUT2D eigenvalue weighted by Crippen LogP contribution is -2.33. The SMILES string of the molecule is COC1=CC2C(=O)C(C(=O)O)=CN=C2C(OC)=C1. The molecular weight excluding hydrogens is 238 g/mol. The highest BCUT2D eigenvalue weighted by atomic mass is 16.5. The maximum Gasteiger partial charge on any atom is 0.340 e. The van der Waals surface area contributed by atoms with Gasteiger partial charge in [0.25, 0.3) is 0 Å². The Kier molecular flexibility index (Phi) is 3.01. The average Bonchev–Trinajstić information content (AvgIpc) is 2.37. The van der Waals surface area contributed by atoms with Gasteiger partial charge in [0, 0.05) is 12.3 Å². The zero-order valence-electron chi connectivity index (χ0n) is 9.84. The maximum absolute atomic E-state index is 12.0. The van der Waals surface area contributed by atoms with Crippen LogP contribution < -0.4 is 0 Å². The zero-order valence-corrected chi connectivity index (χ0v) is 9.84. The van der Waals surface area contributed by atoms with Crippen LogP contribution >= 0.6 is 0 Å². The van der Waals surface area contributed by atoms with Crippen LogP contribution in [0.4, 0.5) is 0 Å². The molecule has 1 unspecified atom stereocenters. The third-order valence-electron chi connectivity index (χ3n) is 2.72. The van der Waals surface area contributed by atoms with Crippen LogP contribution in [-0.2, 0) is 19.1 Å². The van der Waals surface area contributed by atoms with Gasteiger partial charge in [-0.15, -0.1) is 0 Å². The van der Waals surface area contributed by atoms with E-state index in [1.54, 1.807) is 6.08 Å². The number of ether oxygens (including phenoxy) is 2. The van der Waals surface area contributed by atoms with Crippen LogP contribution in [0.25, 0.3) is 0 Å². The third-order valence-corrected chi connectivity index (χ3v) is 2.72. The molecule has 94 valence electrons. The monoisotopic (exact) mass is 249 g/mol. The molecule has 6 heteroatoms. The van der Waals surface area contributed by atoms with E-state index in [-0.39, 0.29) is 5.57 Å². The number of aliphatic imine (C=N–C) groups is 1. The van der Waals surface area contributed by atoms with Crippen LogP contribution in [0.15, 0.2) is 40.4 Å². The highest BCUT2D eigenvalue weighted by Gasteiger charge is 2.36. The molecule has 1 aliphatic carbocycles. The summed E-state index contributed by atoms with van der Waals surface area (Å²) in [7, 11) is 2.91. The fraction of sp³-hybridized carbons (Fsp3) is 0.250. The molecular formula is C12H11NO5. The number of allylic oxidation sites excluding steroid dienone is 3. The van der Waals surface area contributed by atoms with E-state index in [9.17, 15) is 9.59 Å². The van der Waals surface area contributed by atoms with Crippen molar-refractivity contribution in [3.8, 4) is 0 Å². The van der Waals surface area contributed by atoms with Crippen LogP contribution in [0.1, 0.15) is 0 Å². The van der Waals surface area contributed by atoms with E-state index >= 15 is 0 Å². The molecule has 2 rings (SSSR count). The summed E-state index contributed by atoms with van der Waals surface area (Å²) in [5, 5.41) is 8.89. The number of carbonyl (C=O) groups excluding carboxylic acids is 1. The van der Waals surface area contributed by atoms with Gasteiger partial charge in [-0.05, 0) is 6.08 Å². The normalized spacial score (nSPS) is 22.1. The number of Topliss-reactive ketones (excluding diaryl/α,β-unsaturated/α-hetero) is 1. The fourth-order valence-corrected chi connectivity index (χ4v) is 1.81. The van der Waals surface area contributed by atoms with Crippen molar-refractivity contribution in [3.05, 3.63) is 35.4 Å². The highest BCUT2D eigenvalue weighted by Crippen LogP contribution is 2.27. The molecule has 0 aromatic heterocycles. The summed E-state index contributed by atoms with van der Waals surface area (Å²) < 4.78 is 10.2. The number of nitrogens with zero attached hydrogens (tertiary/aromatic N) is 1. The average molecular weight is 249 g/mol. The number of rotatable bonds is 3. The largest absolute Gasteiger partial charge is 0.497 e. The molecule has 18 heavy (non-hydrogen) atoms. The number of carboxylic acid groups (broad SMARTS) is 1. The molecule has 6 nitrogen and oxygen atoms in total. The minimum absolute atomic E-state index is 0.340. The van der Waals surface area contributed by atoms with Crippen LogP contribution in [0.5, 0.6) is 0 Å². The Morgan fingerprint density at radius 1 is 1.39 bits per heavy atom. The van der Waals surface area contributed by atoms with Gasteiger partial charge < -0.3 is 14.6 Å². The van der Waals surface area contributed by atoms with Crippen LogP contribution in [0, 0.1) is 5.92 Å². The predicted molar refractivity (Wildman–Crippen MR) is 61.8 cm³/mol. The Morgan fingerprint density at radius 3 is 2.67 bits per heavy atom. The number of carbonyl (C=O) groups is 2. The molecule has 0 saturated carbocycles. The van der Waals surface area contributed by atoms with Gasteiger partial charge in [-0.2, -0.15) is 0 Å². The summed E-state index contributed by atoms with van der Waals surface area (Å²) in [4.78, 5) is 26.9. The second-order valence-corrected chi connectivity index (χ2v) is 3.69. The van der Waals surface area contributed by atoms with Gasteiger partial charge in [0.2, 0.25) is 0 Å². The molecule has 0 aromatic carbocycles. The standard InChI is InChI=1S/C12H11NO5/c1-17-6-3-7-10(9(4-6)18-2)13-5-8(11(7)14)12(15)16/h3-5,7H,1-2H3,(H,15,16). The van der Waals surface area contributed by atoms with Crippen LogP contribution in [-0.4, -0.2) is 36.8 Å². The Bertz CT molecular complexity index is 539. The molecule has 1 atom stereocenters. The van der Waals surface area contributed by atoms with E-state index in [4.69, 9.17) is 14.6 Å². The van der Waals surface area contributed by atoms with E-state index in [1.165, 1.54) is 20.3 Å². The van der Waals surface area contributed by atoms with Crippen LogP contribution in [0.3, 0.4) is 0 Å². The van der Waals surface area contributed by atoms with Gasteiger partial charge in [0.05, 0.1) is 25.8 Å². The molecule has 0 saturated heterocycles. The van der Waals surface area contributed by atoms with E-state index in [0.717, 1.165) is 6.20 Å². The van der Waals surface area contributed by atoms with Crippen molar-refractivity contribution < 1.29 is 24.2 Å². The first-order valence-electron chi connectivity index (χ1n) is 5.15. The predicted octanol–water partition coefficient (Wildman–Crippen LogP) is 0.669. The number of hydrogen-bond acceptors (Lipinski definition) is 5.